The molecule has 1 saturated heterocycles. The summed E-state index contributed by atoms with van der Waals surface area (Å²) >= 11 is 0. The zero-order valence-electron chi connectivity index (χ0n) is 7.32. The zero-order valence-corrected chi connectivity index (χ0v) is 8.14. The molecule has 0 bridgehead atoms. The summed E-state index contributed by atoms with van der Waals surface area (Å²) in [4.78, 5) is 2.15. The Balaban J connectivity index is 2.25. The SMILES string of the molecule is COS(=O)(=O)CCN1CCCC1. The third kappa shape index (κ3) is 3.08. The van der Waals surface area contributed by atoms with E-state index >= 15 is 0 Å². The quantitative estimate of drug-likeness (QED) is 0.592. The Bertz CT molecular complexity index is 219. The van der Waals surface area contributed by atoms with Crippen molar-refractivity contribution in [2.75, 3.05) is 32.5 Å². The van der Waals surface area contributed by atoms with Crippen LogP contribution in [0.25, 0.3) is 0 Å². The molecule has 72 valence electrons. The van der Waals surface area contributed by atoms with Crippen LogP contribution in [0.3, 0.4) is 0 Å². The van der Waals surface area contributed by atoms with Gasteiger partial charge in [-0.05, 0) is 25.9 Å². The standard InChI is InChI=1S/C7H15NO3S/c1-11-12(9,10)7-6-8-4-2-3-5-8/h2-7H2,1H3. The van der Waals surface area contributed by atoms with Crippen molar-refractivity contribution in [2.45, 2.75) is 12.8 Å². The minimum Gasteiger partial charge on any atom is -0.302 e. The minimum atomic E-state index is -3.25. The monoisotopic (exact) mass is 193 g/mol. The molecule has 0 amide bonds. The first-order valence-corrected chi connectivity index (χ1v) is 5.72. The fourth-order valence-electron chi connectivity index (χ4n) is 1.33. The molecule has 5 heteroatoms. The largest absolute Gasteiger partial charge is 0.302 e. The van der Waals surface area contributed by atoms with Crippen LogP contribution in [0.4, 0.5) is 0 Å². The van der Waals surface area contributed by atoms with Crippen molar-refractivity contribution >= 4 is 10.1 Å². The first-order valence-electron chi connectivity index (χ1n) is 4.15. The third-order valence-corrected chi connectivity index (χ3v) is 3.30. The summed E-state index contributed by atoms with van der Waals surface area (Å²) in [6.45, 7) is 2.66. The van der Waals surface area contributed by atoms with Crippen molar-refractivity contribution in [3.63, 3.8) is 0 Å². The van der Waals surface area contributed by atoms with Crippen LogP contribution in [-0.4, -0.2) is 45.8 Å². The molecule has 0 saturated carbocycles. The molecule has 0 aliphatic carbocycles. The first kappa shape index (κ1) is 9.95. The maximum atomic E-state index is 10.9. The lowest BCUT2D eigenvalue weighted by atomic mass is 10.4. The van der Waals surface area contributed by atoms with Gasteiger partial charge in [0.15, 0.2) is 0 Å². The van der Waals surface area contributed by atoms with Crippen molar-refractivity contribution in [1.82, 2.24) is 4.90 Å². The van der Waals surface area contributed by atoms with E-state index in [1.807, 2.05) is 0 Å². The summed E-state index contributed by atoms with van der Waals surface area (Å²) in [5.41, 5.74) is 0. The van der Waals surface area contributed by atoms with Gasteiger partial charge in [-0.3, -0.25) is 4.18 Å². The van der Waals surface area contributed by atoms with E-state index in [-0.39, 0.29) is 5.75 Å². The molecular weight excluding hydrogens is 178 g/mol. The molecule has 1 aliphatic rings. The van der Waals surface area contributed by atoms with Crippen molar-refractivity contribution in [1.29, 1.82) is 0 Å². The highest BCUT2D eigenvalue weighted by Gasteiger charge is 2.15. The number of likely N-dealkylation sites (tertiary alicyclic amines) is 1. The molecule has 4 nitrogen and oxygen atoms in total. The smallest absolute Gasteiger partial charge is 0.268 e. The summed E-state index contributed by atoms with van der Waals surface area (Å²) in [6.07, 6.45) is 2.38. The van der Waals surface area contributed by atoms with Gasteiger partial charge in [0.05, 0.1) is 12.9 Å². The van der Waals surface area contributed by atoms with E-state index in [4.69, 9.17) is 0 Å². The van der Waals surface area contributed by atoms with Crippen LogP contribution >= 0.6 is 0 Å². The highest BCUT2D eigenvalue weighted by molar-refractivity contribution is 7.86. The predicted octanol–water partition coefficient (Wildman–Crippen LogP) is 0.0584. The Morgan fingerprint density at radius 1 is 1.33 bits per heavy atom. The van der Waals surface area contributed by atoms with E-state index in [2.05, 4.69) is 9.08 Å². The molecule has 0 aromatic heterocycles. The molecule has 0 unspecified atom stereocenters. The van der Waals surface area contributed by atoms with Crippen molar-refractivity contribution < 1.29 is 12.6 Å². The summed E-state index contributed by atoms with van der Waals surface area (Å²) in [5, 5.41) is 0. The maximum Gasteiger partial charge on any atom is 0.268 e. The molecule has 1 aliphatic heterocycles. The van der Waals surface area contributed by atoms with Crippen molar-refractivity contribution in [3.05, 3.63) is 0 Å². The molecule has 0 spiro atoms. The molecule has 0 atom stereocenters. The van der Waals surface area contributed by atoms with Gasteiger partial charge in [0.1, 0.15) is 0 Å². The van der Waals surface area contributed by atoms with Gasteiger partial charge in [-0.25, -0.2) is 0 Å². The van der Waals surface area contributed by atoms with E-state index in [9.17, 15) is 8.42 Å². The molecule has 1 rings (SSSR count). The van der Waals surface area contributed by atoms with Crippen LogP contribution in [0.5, 0.6) is 0 Å². The Morgan fingerprint density at radius 3 is 2.42 bits per heavy atom. The lowest BCUT2D eigenvalue weighted by Crippen LogP contribution is -2.26. The molecule has 1 heterocycles. The molecule has 12 heavy (non-hydrogen) atoms. The number of hydrogen-bond acceptors (Lipinski definition) is 4. The second kappa shape index (κ2) is 4.20. The molecule has 1 fully saturated rings. The molecular formula is C7H15NO3S. The summed E-state index contributed by atoms with van der Waals surface area (Å²) in [5.74, 6) is 0.115. The van der Waals surface area contributed by atoms with Gasteiger partial charge in [-0.2, -0.15) is 8.42 Å². The van der Waals surface area contributed by atoms with Gasteiger partial charge in [0.25, 0.3) is 10.1 Å². The van der Waals surface area contributed by atoms with Crippen LogP contribution in [0.2, 0.25) is 0 Å². The van der Waals surface area contributed by atoms with Gasteiger partial charge in [-0.15, -0.1) is 0 Å². The summed E-state index contributed by atoms with van der Waals surface area (Å²) in [6, 6.07) is 0. The van der Waals surface area contributed by atoms with E-state index in [1.54, 1.807) is 0 Å². The van der Waals surface area contributed by atoms with Crippen LogP contribution in [0.1, 0.15) is 12.8 Å². The molecule has 0 radical (unpaired) electrons. The van der Waals surface area contributed by atoms with E-state index in [0.29, 0.717) is 6.54 Å². The lowest BCUT2D eigenvalue weighted by molar-refractivity contribution is 0.345. The molecule has 0 aromatic carbocycles. The van der Waals surface area contributed by atoms with Gasteiger partial charge in [0, 0.05) is 6.54 Å². The fraction of sp³-hybridized carbons (Fsp3) is 1.00. The van der Waals surface area contributed by atoms with Crippen LogP contribution < -0.4 is 0 Å². The Labute approximate surface area is 73.6 Å². The molecule has 0 aromatic rings. The Kier molecular flexibility index (Phi) is 3.49. The second-order valence-electron chi connectivity index (χ2n) is 2.98. The average molecular weight is 193 g/mol. The van der Waals surface area contributed by atoms with Gasteiger partial charge >= 0.3 is 0 Å². The van der Waals surface area contributed by atoms with Gasteiger partial charge in [-0.1, -0.05) is 0 Å². The maximum absolute atomic E-state index is 10.9. The highest BCUT2D eigenvalue weighted by atomic mass is 32.2. The Hall–Kier alpha value is -0.130. The topological polar surface area (TPSA) is 46.6 Å². The van der Waals surface area contributed by atoms with Gasteiger partial charge in [0.2, 0.25) is 0 Å². The van der Waals surface area contributed by atoms with Crippen LogP contribution in [0.15, 0.2) is 0 Å². The normalized spacial score (nSPS) is 20.1. The zero-order chi connectivity index (χ0) is 9.03. The van der Waals surface area contributed by atoms with E-state index in [0.717, 1.165) is 13.1 Å². The van der Waals surface area contributed by atoms with Crippen molar-refractivity contribution in [2.24, 2.45) is 0 Å². The van der Waals surface area contributed by atoms with E-state index < -0.39 is 10.1 Å². The number of rotatable bonds is 4. The summed E-state index contributed by atoms with van der Waals surface area (Å²) < 4.78 is 26.2. The number of hydrogen-bond donors (Lipinski definition) is 0. The van der Waals surface area contributed by atoms with Gasteiger partial charge < -0.3 is 4.90 Å². The highest BCUT2D eigenvalue weighted by Crippen LogP contribution is 2.06. The van der Waals surface area contributed by atoms with Crippen LogP contribution in [0, 0.1) is 0 Å². The number of nitrogens with zero attached hydrogens (tertiary/aromatic N) is 1. The van der Waals surface area contributed by atoms with Crippen molar-refractivity contribution in [3.8, 4) is 0 Å². The third-order valence-electron chi connectivity index (χ3n) is 2.11. The predicted molar refractivity (Wildman–Crippen MR) is 46.5 cm³/mol. The van der Waals surface area contributed by atoms with Crippen LogP contribution in [-0.2, 0) is 14.3 Å². The second-order valence-corrected chi connectivity index (χ2v) is 4.83. The summed E-state index contributed by atoms with van der Waals surface area (Å²) in [7, 11) is -2.04. The first-order chi connectivity index (χ1) is 5.64. The Morgan fingerprint density at radius 2 is 1.92 bits per heavy atom. The minimum absolute atomic E-state index is 0.115. The van der Waals surface area contributed by atoms with E-state index in [1.165, 1.54) is 20.0 Å². The molecule has 0 N–H and O–H groups in total. The fourth-order valence-corrected chi connectivity index (χ4v) is 1.98. The average Bonchev–Trinajstić information content (AvgIpc) is 2.53. The lowest BCUT2D eigenvalue weighted by Gasteiger charge is -2.13.